The van der Waals surface area contributed by atoms with E-state index in [0.717, 1.165) is 4.88 Å². The molecule has 0 aliphatic rings. The number of halogens is 1. The second-order valence-electron chi connectivity index (χ2n) is 5.36. The van der Waals surface area contributed by atoms with E-state index in [9.17, 15) is 8.42 Å². The van der Waals surface area contributed by atoms with Gasteiger partial charge < -0.3 is 4.74 Å². The van der Waals surface area contributed by atoms with Crippen molar-refractivity contribution in [1.82, 2.24) is 0 Å². The van der Waals surface area contributed by atoms with Gasteiger partial charge >= 0.3 is 0 Å². The number of rotatable bonds is 6. The first-order valence-corrected chi connectivity index (χ1v) is 9.07. The molecule has 0 saturated heterocycles. The molecular weight excluding hydrogens is 292 g/mol. The molecule has 1 heterocycles. The summed E-state index contributed by atoms with van der Waals surface area (Å²) in [7, 11) is 1.84. The predicted octanol–water partition coefficient (Wildman–Crippen LogP) is 3.50. The fraction of sp³-hybridized carbons (Fsp3) is 0.667. The third kappa shape index (κ3) is 6.18. The maximum Gasteiger partial charge on any atom is 0.232 e. The van der Waals surface area contributed by atoms with E-state index < -0.39 is 9.05 Å². The zero-order chi connectivity index (χ0) is 13.8. The standard InChI is InChI=1S/C12H19ClO3S2/c1-12(2,3)10(9-18(13,14)15)7-16-8-11-5-4-6-17-11/h4-6,10H,7-9H2,1-3H3. The van der Waals surface area contributed by atoms with Gasteiger partial charge in [-0.1, -0.05) is 26.8 Å². The summed E-state index contributed by atoms with van der Waals surface area (Å²) >= 11 is 1.63. The van der Waals surface area contributed by atoms with Crippen LogP contribution in [0.5, 0.6) is 0 Å². The summed E-state index contributed by atoms with van der Waals surface area (Å²) in [5, 5.41) is 1.99. The predicted molar refractivity (Wildman–Crippen MR) is 76.6 cm³/mol. The first-order valence-electron chi connectivity index (χ1n) is 5.71. The van der Waals surface area contributed by atoms with Gasteiger partial charge in [0.2, 0.25) is 9.05 Å². The van der Waals surface area contributed by atoms with Crippen molar-refractivity contribution in [2.24, 2.45) is 11.3 Å². The Bertz CT molecular complexity index is 446. The zero-order valence-electron chi connectivity index (χ0n) is 10.8. The van der Waals surface area contributed by atoms with Gasteiger partial charge in [-0.25, -0.2) is 8.42 Å². The maximum absolute atomic E-state index is 11.2. The van der Waals surface area contributed by atoms with Crippen LogP contribution in [0.1, 0.15) is 25.6 Å². The van der Waals surface area contributed by atoms with Gasteiger partial charge in [0.25, 0.3) is 0 Å². The molecule has 1 atom stereocenters. The minimum absolute atomic E-state index is 0.0531. The van der Waals surface area contributed by atoms with Crippen LogP contribution < -0.4 is 0 Å². The molecule has 0 fully saturated rings. The third-order valence-electron chi connectivity index (χ3n) is 2.77. The maximum atomic E-state index is 11.2. The van der Waals surface area contributed by atoms with Crippen LogP contribution in [-0.2, 0) is 20.4 Å². The molecule has 1 aromatic heterocycles. The first kappa shape index (κ1) is 16.0. The van der Waals surface area contributed by atoms with Gasteiger partial charge in [-0.05, 0) is 16.9 Å². The highest BCUT2D eigenvalue weighted by Crippen LogP contribution is 2.28. The van der Waals surface area contributed by atoms with Crippen molar-refractivity contribution < 1.29 is 13.2 Å². The van der Waals surface area contributed by atoms with E-state index in [1.165, 1.54) is 0 Å². The Kier molecular flexibility index (Phi) is 5.65. The highest BCUT2D eigenvalue weighted by Gasteiger charge is 2.29. The lowest BCUT2D eigenvalue weighted by Gasteiger charge is -2.29. The number of ether oxygens (including phenoxy) is 1. The molecule has 0 aromatic carbocycles. The summed E-state index contributed by atoms with van der Waals surface area (Å²) in [6, 6.07) is 3.96. The van der Waals surface area contributed by atoms with Crippen LogP contribution in [0.2, 0.25) is 0 Å². The molecule has 0 spiro atoms. The summed E-state index contributed by atoms with van der Waals surface area (Å²) in [5.74, 6) is -0.164. The van der Waals surface area contributed by atoms with Gasteiger partial charge in [0.15, 0.2) is 0 Å². The Balaban J connectivity index is 2.52. The van der Waals surface area contributed by atoms with Crippen molar-refractivity contribution >= 4 is 31.1 Å². The van der Waals surface area contributed by atoms with Crippen molar-refractivity contribution in [1.29, 1.82) is 0 Å². The molecule has 18 heavy (non-hydrogen) atoms. The van der Waals surface area contributed by atoms with E-state index in [1.807, 2.05) is 38.3 Å². The Morgan fingerprint density at radius 2 is 2.11 bits per heavy atom. The van der Waals surface area contributed by atoms with Gasteiger partial charge in [0, 0.05) is 21.5 Å². The molecule has 0 radical (unpaired) electrons. The Hall–Kier alpha value is -0.100. The Morgan fingerprint density at radius 3 is 2.56 bits per heavy atom. The minimum atomic E-state index is -3.50. The highest BCUT2D eigenvalue weighted by molar-refractivity contribution is 8.13. The molecule has 1 unspecified atom stereocenters. The fourth-order valence-electron chi connectivity index (χ4n) is 1.48. The quantitative estimate of drug-likeness (QED) is 0.755. The molecule has 0 N–H and O–H groups in total. The van der Waals surface area contributed by atoms with E-state index in [1.54, 1.807) is 11.3 Å². The van der Waals surface area contributed by atoms with Gasteiger partial charge in [-0.3, -0.25) is 0 Å². The van der Waals surface area contributed by atoms with Crippen LogP contribution in [0.25, 0.3) is 0 Å². The summed E-state index contributed by atoms with van der Waals surface area (Å²) in [6.07, 6.45) is 0. The average Bonchev–Trinajstić information content (AvgIpc) is 2.65. The number of thiophene rings is 1. The number of hydrogen-bond donors (Lipinski definition) is 0. The zero-order valence-corrected chi connectivity index (χ0v) is 13.2. The number of hydrogen-bond acceptors (Lipinski definition) is 4. The van der Waals surface area contributed by atoms with E-state index in [2.05, 4.69) is 0 Å². The summed E-state index contributed by atoms with van der Waals surface area (Å²) in [5.41, 5.74) is -0.155. The van der Waals surface area contributed by atoms with Gasteiger partial charge in [0.1, 0.15) is 0 Å². The molecule has 6 heteroatoms. The molecule has 3 nitrogen and oxygen atoms in total. The van der Waals surface area contributed by atoms with Gasteiger partial charge in [-0.2, -0.15) is 0 Å². The molecule has 0 aliphatic carbocycles. The second-order valence-corrected chi connectivity index (χ2v) is 9.22. The van der Waals surface area contributed by atoms with Gasteiger partial charge in [-0.15, -0.1) is 11.3 Å². The molecule has 104 valence electrons. The molecular formula is C12H19ClO3S2. The van der Waals surface area contributed by atoms with Crippen LogP contribution >= 0.6 is 22.0 Å². The molecule has 0 aliphatic heterocycles. The third-order valence-corrected chi connectivity index (χ3v) is 4.80. The van der Waals surface area contributed by atoms with Crippen molar-refractivity contribution in [3.8, 4) is 0 Å². The van der Waals surface area contributed by atoms with E-state index in [-0.39, 0.29) is 17.1 Å². The summed E-state index contributed by atoms with van der Waals surface area (Å²) < 4.78 is 28.0. The van der Waals surface area contributed by atoms with Crippen LogP contribution in [0.15, 0.2) is 17.5 Å². The van der Waals surface area contributed by atoms with Crippen LogP contribution in [0.3, 0.4) is 0 Å². The smallest absolute Gasteiger partial charge is 0.232 e. The Labute approximate surface area is 118 Å². The first-order chi connectivity index (χ1) is 8.18. The average molecular weight is 311 g/mol. The van der Waals surface area contributed by atoms with E-state index >= 15 is 0 Å². The Morgan fingerprint density at radius 1 is 1.44 bits per heavy atom. The summed E-state index contributed by atoms with van der Waals surface area (Å²) in [4.78, 5) is 1.14. The summed E-state index contributed by atoms with van der Waals surface area (Å²) in [6.45, 7) is 6.90. The minimum Gasteiger partial charge on any atom is -0.376 e. The lowest BCUT2D eigenvalue weighted by molar-refractivity contribution is 0.0567. The molecule has 0 bridgehead atoms. The molecule has 0 amide bonds. The van der Waals surface area contributed by atoms with Crippen LogP contribution in [0, 0.1) is 11.3 Å². The molecule has 1 aromatic rings. The SMILES string of the molecule is CC(C)(C)C(COCc1cccs1)CS(=O)(=O)Cl. The largest absolute Gasteiger partial charge is 0.376 e. The van der Waals surface area contributed by atoms with Crippen LogP contribution in [-0.4, -0.2) is 20.8 Å². The fourth-order valence-corrected chi connectivity index (χ4v) is 3.66. The van der Waals surface area contributed by atoms with Crippen molar-refractivity contribution in [2.75, 3.05) is 12.4 Å². The van der Waals surface area contributed by atoms with E-state index in [4.69, 9.17) is 15.4 Å². The highest BCUT2D eigenvalue weighted by atomic mass is 35.7. The van der Waals surface area contributed by atoms with Crippen molar-refractivity contribution in [2.45, 2.75) is 27.4 Å². The lowest BCUT2D eigenvalue weighted by Crippen LogP contribution is -2.30. The second kappa shape index (κ2) is 6.37. The lowest BCUT2D eigenvalue weighted by atomic mass is 9.82. The molecule has 1 rings (SSSR count). The van der Waals surface area contributed by atoms with Crippen molar-refractivity contribution in [3.05, 3.63) is 22.4 Å². The normalized spacial score (nSPS) is 14.7. The van der Waals surface area contributed by atoms with E-state index in [0.29, 0.717) is 13.2 Å². The van der Waals surface area contributed by atoms with Gasteiger partial charge in [0.05, 0.1) is 19.0 Å². The van der Waals surface area contributed by atoms with Crippen molar-refractivity contribution in [3.63, 3.8) is 0 Å². The van der Waals surface area contributed by atoms with Crippen LogP contribution in [0.4, 0.5) is 0 Å². The molecule has 0 saturated carbocycles. The monoisotopic (exact) mass is 310 g/mol. The topological polar surface area (TPSA) is 43.4 Å².